The van der Waals surface area contributed by atoms with Gasteiger partial charge in [0, 0.05) is 24.5 Å². The van der Waals surface area contributed by atoms with E-state index in [1.807, 2.05) is 0 Å². The van der Waals surface area contributed by atoms with E-state index < -0.39 is 29.2 Å². The molecule has 0 unspecified atom stereocenters. The van der Waals surface area contributed by atoms with Crippen LogP contribution in [0, 0.1) is 16.4 Å². The van der Waals surface area contributed by atoms with Crippen LogP contribution in [0.15, 0.2) is 36.8 Å². The molecule has 216 valence electrons. The van der Waals surface area contributed by atoms with E-state index in [9.17, 15) is 9.59 Å². The van der Waals surface area contributed by atoms with Crippen LogP contribution >= 0.6 is 22.6 Å². The summed E-state index contributed by atoms with van der Waals surface area (Å²) in [5, 5.41) is 0.325. The Labute approximate surface area is 250 Å². The van der Waals surface area contributed by atoms with Crippen LogP contribution in [0.25, 0.3) is 22.2 Å². The Kier molecular flexibility index (Phi) is 8.21. The molecule has 3 aromatic heterocycles. The summed E-state index contributed by atoms with van der Waals surface area (Å²) in [5.74, 6) is -0.814. The van der Waals surface area contributed by atoms with Gasteiger partial charge < -0.3 is 18.8 Å². The number of ether oxygens (including phenoxy) is 3. The zero-order valence-corrected chi connectivity index (χ0v) is 26.1. The number of nitrogens with zero attached hydrogens (tertiary/aromatic N) is 6. The normalized spacial score (nSPS) is 11.9. The Morgan fingerprint density at radius 3 is 2.17 bits per heavy atom. The first-order chi connectivity index (χ1) is 19.1. The van der Waals surface area contributed by atoms with Crippen molar-refractivity contribution < 1.29 is 28.2 Å². The third kappa shape index (κ3) is 6.72. The highest BCUT2D eigenvalue weighted by molar-refractivity contribution is 14.1. The molecule has 0 N–H and O–H groups in total. The van der Waals surface area contributed by atoms with Crippen LogP contribution in [-0.4, -0.2) is 47.9 Å². The predicted molar refractivity (Wildman–Crippen MR) is 158 cm³/mol. The Hall–Kier alpha value is -3.88. The first-order valence-corrected chi connectivity index (χ1v) is 13.7. The van der Waals surface area contributed by atoms with E-state index in [0.717, 1.165) is 4.90 Å². The maximum absolute atomic E-state index is 15.4. The van der Waals surface area contributed by atoms with Crippen molar-refractivity contribution in [3.63, 3.8) is 0 Å². The lowest BCUT2D eigenvalue weighted by atomic mass is 10.1. The Balaban J connectivity index is 1.89. The fourth-order valence-corrected chi connectivity index (χ4v) is 4.63. The van der Waals surface area contributed by atoms with Crippen LogP contribution < -0.4 is 9.64 Å². The Bertz CT molecular complexity index is 1620. The largest absolute Gasteiger partial charge is 0.443 e. The van der Waals surface area contributed by atoms with E-state index in [1.165, 1.54) is 24.7 Å². The van der Waals surface area contributed by atoms with E-state index in [1.54, 1.807) is 72.2 Å². The first-order valence-electron chi connectivity index (χ1n) is 12.6. The summed E-state index contributed by atoms with van der Waals surface area (Å²) in [5.41, 5.74) is 0.159. The van der Waals surface area contributed by atoms with Crippen molar-refractivity contribution in [3.8, 4) is 22.9 Å². The summed E-state index contributed by atoms with van der Waals surface area (Å²) >= 11 is 2.09. The van der Waals surface area contributed by atoms with Gasteiger partial charge in [0.2, 0.25) is 0 Å². The highest BCUT2D eigenvalue weighted by Crippen LogP contribution is 2.41. The number of hydrogen-bond acceptors (Lipinski definition) is 9. The zero-order chi connectivity index (χ0) is 30.3. The molecule has 0 atom stereocenters. The van der Waals surface area contributed by atoms with E-state index >= 15 is 4.39 Å². The molecule has 0 spiro atoms. The average molecular weight is 676 g/mol. The average Bonchev–Trinajstić information content (AvgIpc) is 3.09. The van der Waals surface area contributed by atoms with Gasteiger partial charge in [-0.15, -0.1) is 0 Å². The third-order valence-electron chi connectivity index (χ3n) is 5.43. The predicted octanol–water partition coefficient (Wildman–Crippen LogP) is 6.95. The minimum Gasteiger partial charge on any atom is -0.443 e. The molecule has 0 aliphatic heterocycles. The molecule has 41 heavy (non-hydrogen) atoms. The summed E-state index contributed by atoms with van der Waals surface area (Å²) in [6.07, 6.45) is 0.790. The summed E-state index contributed by atoms with van der Waals surface area (Å²) in [6, 6.07) is 6.09. The molecule has 0 aliphatic carbocycles. The molecule has 0 fully saturated rings. The molecule has 1 aromatic carbocycles. The number of aromatic nitrogens is 5. The van der Waals surface area contributed by atoms with Crippen molar-refractivity contribution in [2.45, 2.75) is 59.7 Å². The van der Waals surface area contributed by atoms with Crippen LogP contribution in [0.3, 0.4) is 0 Å². The van der Waals surface area contributed by atoms with Gasteiger partial charge in [-0.05, 0) is 94.8 Å². The number of benzene rings is 1. The van der Waals surface area contributed by atoms with Crippen molar-refractivity contribution in [2.24, 2.45) is 7.05 Å². The number of amides is 2. The van der Waals surface area contributed by atoms with Crippen LogP contribution in [0.5, 0.6) is 11.8 Å². The highest BCUT2D eigenvalue weighted by atomic mass is 127. The fraction of sp³-hybridized carbons (Fsp3) is 0.357. The maximum Gasteiger partial charge on any atom is 0.425 e. The van der Waals surface area contributed by atoms with E-state index in [4.69, 9.17) is 14.2 Å². The molecule has 0 radical (unpaired) electrons. The van der Waals surface area contributed by atoms with Crippen LogP contribution in [0.4, 0.5) is 19.8 Å². The van der Waals surface area contributed by atoms with Crippen LogP contribution in [0.2, 0.25) is 0 Å². The lowest BCUT2D eigenvalue weighted by molar-refractivity contribution is 0.0429. The van der Waals surface area contributed by atoms with Gasteiger partial charge in [-0.3, -0.25) is 0 Å². The summed E-state index contributed by atoms with van der Waals surface area (Å²) in [7, 11) is 1.76. The van der Waals surface area contributed by atoms with E-state index in [0.29, 0.717) is 31.6 Å². The quantitative estimate of drug-likeness (QED) is 0.212. The number of rotatable bonds is 4. The van der Waals surface area contributed by atoms with Crippen molar-refractivity contribution in [2.75, 3.05) is 4.90 Å². The Morgan fingerprint density at radius 1 is 0.976 bits per heavy atom. The summed E-state index contributed by atoms with van der Waals surface area (Å²) in [6.45, 7) is 11.8. The fourth-order valence-electron chi connectivity index (χ4n) is 3.82. The number of halogens is 2. The van der Waals surface area contributed by atoms with Crippen molar-refractivity contribution in [3.05, 3.63) is 52.0 Å². The van der Waals surface area contributed by atoms with Gasteiger partial charge in [0.25, 0.3) is 0 Å². The summed E-state index contributed by atoms with van der Waals surface area (Å²) in [4.78, 5) is 44.4. The number of anilines is 1. The van der Waals surface area contributed by atoms with Gasteiger partial charge in [0.15, 0.2) is 17.4 Å². The topological polar surface area (TPSA) is 122 Å². The van der Waals surface area contributed by atoms with Crippen LogP contribution in [-0.2, 0) is 16.5 Å². The zero-order valence-electron chi connectivity index (χ0n) is 23.9. The molecule has 0 aliphatic rings. The monoisotopic (exact) mass is 676 g/mol. The second-order valence-corrected chi connectivity index (χ2v) is 12.2. The number of hydrogen-bond donors (Lipinski definition) is 0. The molecule has 4 aromatic rings. The Morgan fingerprint density at radius 2 is 1.61 bits per heavy atom. The second-order valence-electron chi connectivity index (χ2n) is 11.1. The summed E-state index contributed by atoms with van der Waals surface area (Å²) < 4.78 is 34.4. The third-order valence-corrected chi connectivity index (χ3v) is 6.70. The van der Waals surface area contributed by atoms with Gasteiger partial charge in [-0.2, -0.15) is 4.90 Å². The first kappa shape index (κ1) is 30.1. The van der Waals surface area contributed by atoms with E-state index in [2.05, 4.69) is 42.5 Å². The lowest BCUT2D eigenvalue weighted by Gasteiger charge is -2.28. The van der Waals surface area contributed by atoms with Gasteiger partial charge in [0.1, 0.15) is 23.2 Å². The van der Waals surface area contributed by atoms with Crippen molar-refractivity contribution in [1.29, 1.82) is 0 Å². The van der Waals surface area contributed by atoms with Crippen molar-refractivity contribution >= 4 is 51.6 Å². The second kappa shape index (κ2) is 11.2. The van der Waals surface area contributed by atoms with Gasteiger partial charge in [0.05, 0.1) is 9.09 Å². The molecule has 11 nitrogen and oxygen atoms in total. The SMILES string of the molecule is Cc1ccnc(Oc2ccc(-c3c(I)n(C)c4ncnc(N(C(=O)OC(C)(C)C)C(=O)OC(C)(C)C)c34)cc2F)n1. The molecule has 0 saturated heterocycles. The number of carbonyl (C=O) groups is 2. The minimum absolute atomic E-state index is 0.0115. The lowest BCUT2D eigenvalue weighted by Crippen LogP contribution is -2.44. The standard InChI is InChI=1S/C28H30FIN6O5/c1-15-11-12-31-24(34-15)39-18-10-9-16(13-17(18)29)19-20-22(35(8)21(19)30)32-14-33-23(20)36(25(37)40-27(2,3)4)26(38)41-28(5,6)7/h9-14H,1-8H3. The molecule has 0 saturated carbocycles. The van der Waals surface area contributed by atoms with Gasteiger partial charge in [-0.1, -0.05) is 6.07 Å². The molecular formula is C28H30FIN6O5. The molecule has 13 heteroatoms. The molecular weight excluding hydrogens is 646 g/mol. The minimum atomic E-state index is -0.982. The number of imide groups is 1. The highest BCUT2D eigenvalue weighted by Gasteiger charge is 2.36. The molecule has 2 amide bonds. The van der Waals surface area contributed by atoms with Crippen LogP contribution in [0.1, 0.15) is 47.2 Å². The molecule has 4 rings (SSSR count). The smallest absolute Gasteiger partial charge is 0.425 e. The molecule has 0 bridgehead atoms. The van der Waals surface area contributed by atoms with E-state index in [-0.39, 0.29) is 17.6 Å². The maximum atomic E-state index is 15.4. The molecule has 3 heterocycles. The number of carbonyl (C=O) groups excluding carboxylic acids is 2. The van der Waals surface area contributed by atoms with Gasteiger partial charge >= 0.3 is 18.2 Å². The number of fused-ring (bicyclic) bond motifs is 1. The van der Waals surface area contributed by atoms with Gasteiger partial charge in [-0.25, -0.2) is 33.9 Å². The number of aryl methyl sites for hydroxylation is 2. The van der Waals surface area contributed by atoms with Crippen molar-refractivity contribution in [1.82, 2.24) is 24.5 Å².